The molecule has 0 N–H and O–H groups in total. The van der Waals surface area contributed by atoms with Crippen molar-refractivity contribution >= 4 is 15.9 Å². The summed E-state index contributed by atoms with van der Waals surface area (Å²) < 4.78 is 24.0. The summed E-state index contributed by atoms with van der Waals surface area (Å²) in [5.41, 5.74) is 0.791. The quantitative estimate of drug-likeness (QED) is 0.866. The summed E-state index contributed by atoms with van der Waals surface area (Å²) in [6.07, 6.45) is 0. The molecule has 16 heavy (non-hydrogen) atoms. The Morgan fingerprint density at radius 1 is 1.38 bits per heavy atom. The molecule has 1 heterocycles. The molecule has 1 aromatic carbocycles. The average molecular weight is 286 g/mol. The molecule has 0 bridgehead atoms. The van der Waals surface area contributed by atoms with Crippen LogP contribution in [-0.2, 0) is 6.61 Å². The Kier molecular flexibility index (Phi) is 3.24. The van der Waals surface area contributed by atoms with Gasteiger partial charge in [0.2, 0.25) is 0 Å². The summed E-state index contributed by atoms with van der Waals surface area (Å²) >= 11 is 3.19. The number of ether oxygens (including phenoxy) is 1. The average Bonchev–Trinajstić information content (AvgIpc) is 2.60. The third-order valence-corrected chi connectivity index (χ3v) is 2.35. The molecule has 1 aromatic heterocycles. The van der Waals surface area contributed by atoms with Gasteiger partial charge in [-0.05, 0) is 19.1 Å². The van der Waals surface area contributed by atoms with E-state index in [4.69, 9.17) is 9.26 Å². The second-order valence-corrected chi connectivity index (χ2v) is 4.24. The third kappa shape index (κ3) is 2.82. The lowest BCUT2D eigenvalue weighted by Crippen LogP contribution is -1.94. The molecule has 3 nitrogen and oxygen atoms in total. The van der Waals surface area contributed by atoms with Crippen LogP contribution in [0.15, 0.2) is 33.3 Å². The topological polar surface area (TPSA) is 35.3 Å². The van der Waals surface area contributed by atoms with Crippen LogP contribution in [0.25, 0.3) is 0 Å². The van der Waals surface area contributed by atoms with Crippen LogP contribution in [0.5, 0.6) is 5.75 Å². The van der Waals surface area contributed by atoms with E-state index in [-0.39, 0.29) is 12.4 Å². The maximum absolute atomic E-state index is 13.0. The molecule has 0 aliphatic rings. The Morgan fingerprint density at radius 3 is 2.81 bits per heavy atom. The predicted molar refractivity (Wildman–Crippen MR) is 59.7 cm³/mol. The zero-order valence-corrected chi connectivity index (χ0v) is 10.1. The van der Waals surface area contributed by atoms with Crippen LogP contribution in [0.4, 0.5) is 4.39 Å². The van der Waals surface area contributed by atoms with Crippen molar-refractivity contribution in [2.45, 2.75) is 13.5 Å². The summed E-state index contributed by atoms with van der Waals surface area (Å²) in [5.74, 6) is 0.705. The minimum Gasteiger partial charge on any atom is -0.485 e. The lowest BCUT2D eigenvalue weighted by atomic mass is 10.3. The van der Waals surface area contributed by atoms with Crippen LogP contribution in [0, 0.1) is 12.7 Å². The highest BCUT2D eigenvalue weighted by atomic mass is 79.9. The Hall–Kier alpha value is -1.36. The molecule has 0 aliphatic heterocycles. The minimum atomic E-state index is -0.349. The number of benzene rings is 1. The minimum absolute atomic E-state index is 0.233. The summed E-state index contributed by atoms with van der Waals surface area (Å²) in [4.78, 5) is 0. The molecule has 5 heteroatoms. The van der Waals surface area contributed by atoms with E-state index in [1.807, 2.05) is 6.92 Å². The third-order valence-electron chi connectivity index (χ3n) is 1.89. The second-order valence-electron chi connectivity index (χ2n) is 3.33. The molecule has 0 radical (unpaired) electrons. The number of nitrogens with zero attached hydrogens (tertiary/aromatic N) is 1. The van der Waals surface area contributed by atoms with E-state index in [0.29, 0.717) is 16.0 Å². The van der Waals surface area contributed by atoms with Crippen molar-refractivity contribution in [2.75, 3.05) is 0 Å². The van der Waals surface area contributed by atoms with E-state index in [1.54, 1.807) is 12.1 Å². The van der Waals surface area contributed by atoms with Gasteiger partial charge in [0.15, 0.2) is 5.76 Å². The molecule has 0 unspecified atom stereocenters. The fourth-order valence-corrected chi connectivity index (χ4v) is 1.69. The van der Waals surface area contributed by atoms with Gasteiger partial charge in [-0.2, -0.15) is 0 Å². The van der Waals surface area contributed by atoms with Crippen molar-refractivity contribution in [3.63, 3.8) is 0 Å². The highest BCUT2D eigenvalue weighted by molar-refractivity contribution is 9.10. The van der Waals surface area contributed by atoms with Crippen molar-refractivity contribution in [3.8, 4) is 5.75 Å². The molecule has 0 amide bonds. The molecule has 0 spiro atoms. The zero-order chi connectivity index (χ0) is 11.5. The molecule has 84 valence electrons. The lowest BCUT2D eigenvalue weighted by Gasteiger charge is -2.04. The first kappa shape index (κ1) is 11.1. The molecule has 0 saturated heterocycles. The highest BCUT2D eigenvalue weighted by Gasteiger charge is 2.04. The maximum atomic E-state index is 13.0. The largest absolute Gasteiger partial charge is 0.485 e. The van der Waals surface area contributed by atoms with E-state index in [2.05, 4.69) is 21.1 Å². The van der Waals surface area contributed by atoms with E-state index in [9.17, 15) is 4.39 Å². The van der Waals surface area contributed by atoms with Gasteiger partial charge < -0.3 is 9.26 Å². The van der Waals surface area contributed by atoms with Gasteiger partial charge in [0.1, 0.15) is 18.2 Å². The summed E-state index contributed by atoms with van der Waals surface area (Å²) in [6, 6.07) is 6.14. The zero-order valence-electron chi connectivity index (χ0n) is 8.54. The molecule has 2 aromatic rings. The first-order valence-electron chi connectivity index (χ1n) is 4.64. The maximum Gasteiger partial charge on any atom is 0.174 e. The molecule has 0 saturated carbocycles. The van der Waals surface area contributed by atoms with Gasteiger partial charge in [-0.1, -0.05) is 21.1 Å². The van der Waals surface area contributed by atoms with Crippen LogP contribution in [0.1, 0.15) is 11.5 Å². The SMILES string of the molecule is Cc1cc(COc2cc(F)cc(Br)c2)on1. The lowest BCUT2D eigenvalue weighted by molar-refractivity contribution is 0.248. The molecule has 0 fully saturated rings. The van der Waals surface area contributed by atoms with Crippen LogP contribution < -0.4 is 4.74 Å². The van der Waals surface area contributed by atoms with Gasteiger partial charge in [0.25, 0.3) is 0 Å². The van der Waals surface area contributed by atoms with Crippen LogP contribution in [0.2, 0.25) is 0 Å². The standard InChI is InChI=1S/C11H9BrFNO2/c1-7-2-11(16-14-7)6-15-10-4-8(12)3-9(13)5-10/h2-5H,6H2,1H3. The second kappa shape index (κ2) is 4.65. The highest BCUT2D eigenvalue weighted by Crippen LogP contribution is 2.21. The smallest absolute Gasteiger partial charge is 0.174 e. The Morgan fingerprint density at radius 2 is 2.19 bits per heavy atom. The Bertz CT molecular complexity index is 478. The monoisotopic (exact) mass is 285 g/mol. The fraction of sp³-hybridized carbons (Fsp3) is 0.182. The molecule has 0 aliphatic carbocycles. The number of aromatic nitrogens is 1. The normalized spacial score (nSPS) is 10.4. The van der Waals surface area contributed by atoms with E-state index in [0.717, 1.165) is 5.69 Å². The van der Waals surface area contributed by atoms with Gasteiger partial charge in [-0.25, -0.2) is 4.39 Å². The number of hydrogen-bond acceptors (Lipinski definition) is 3. The number of hydrogen-bond donors (Lipinski definition) is 0. The van der Waals surface area contributed by atoms with Gasteiger partial charge in [0, 0.05) is 16.6 Å². The van der Waals surface area contributed by atoms with Crippen LogP contribution in [-0.4, -0.2) is 5.16 Å². The molecule has 0 atom stereocenters. The van der Waals surface area contributed by atoms with E-state index < -0.39 is 0 Å². The van der Waals surface area contributed by atoms with Gasteiger partial charge in [-0.3, -0.25) is 0 Å². The number of aryl methyl sites for hydroxylation is 1. The van der Waals surface area contributed by atoms with Crippen molar-refractivity contribution in [3.05, 3.63) is 46.0 Å². The van der Waals surface area contributed by atoms with Crippen molar-refractivity contribution in [1.29, 1.82) is 0 Å². The van der Waals surface area contributed by atoms with Crippen LogP contribution in [0.3, 0.4) is 0 Å². The Balaban J connectivity index is 2.04. The number of rotatable bonds is 3. The van der Waals surface area contributed by atoms with E-state index in [1.165, 1.54) is 12.1 Å². The van der Waals surface area contributed by atoms with Gasteiger partial charge in [0.05, 0.1) is 5.69 Å². The van der Waals surface area contributed by atoms with Crippen LogP contribution >= 0.6 is 15.9 Å². The molecular formula is C11H9BrFNO2. The van der Waals surface area contributed by atoms with Gasteiger partial charge in [-0.15, -0.1) is 0 Å². The Labute approximate surface area is 100 Å². The van der Waals surface area contributed by atoms with E-state index >= 15 is 0 Å². The van der Waals surface area contributed by atoms with Crippen molar-refractivity contribution in [1.82, 2.24) is 5.16 Å². The number of halogens is 2. The fourth-order valence-electron chi connectivity index (χ4n) is 1.25. The molecular weight excluding hydrogens is 277 g/mol. The summed E-state index contributed by atoms with van der Waals surface area (Å²) in [6.45, 7) is 2.06. The summed E-state index contributed by atoms with van der Waals surface area (Å²) in [7, 11) is 0. The summed E-state index contributed by atoms with van der Waals surface area (Å²) in [5, 5.41) is 3.73. The first-order valence-corrected chi connectivity index (χ1v) is 5.44. The molecule has 2 rings (SSSR count). The van der Waals surface area contributed by atoms with Gasteiger partial charge >= 0.3 is 0 Å². The van der Waals surface area contributed by atoms with Crippen molar-refractivity contribution in [2.24, 2.45) is 0 Å². The van der Waals surface area contributed by atoms with Crippen molar-refractivity contribution < 1.29 is 13.7 Å². The predicted octanol–water partition coefficient (Wildman–Crippen LogP) is 3.46. The first-order chi connectivity index (χ1) is 7.63.